The van der Waals surface area contributed by atoms with Crippen LogP contribution in [0.2, 0.25) is 5.02 Å². The molecule has 12 heteroatoms. The van der Waals surface area contributed by atoms with Crippen LogP contribution >= 0.6 is 11.6 Å². The Labute approximate surface area is 306 Å². The molecule has 266 valence electrons. The minimum absolute atomic E-state index is 0.201. The molecule has 1 amide bonds. The molecule has 11 nitrogen and oxygen atoms in total. The van der Waals surface area contributed by atoms with Gasteiger partial charge in [-0.15, -0.1) is 0 Å². The number of amides is 1. The van der Waals surface area contributed by atoms with E-state index < -0.39 is 11.4 Å². The number of hydrogen-bond acceptors (Lipinski definition) is 8. The van der Waals surface area contributed by atoms with Crippen LogP contribution in [0, 0.1) is 23.7 Å². The summed E-state index contributed by atoms with van der Waals surface area (Å²) in [4.78, 5) is 39.6. The molecule has 0 unspecified atom stereocenters. The van der Waals surface area contributed by atoms with E-state index in [-0.39, 0.29) is 11.9 Å². The highest BCUT2D eigenvalue weighted by molar-refractivity contribution is 6.36. The number of carboxylic acid groups (broad SMARTS) is 1. The van der Waals surface area contributed by atoms with E-state index in [1.54, 1.807) is 13.0 Å². The lowest BCUT2D eigenvalue weighted by molar-refractivity contribution is -0.157. The van der Waals surface area contributed by atoms with E-state index in [2.05, 4.69) is 21.2 Å². The number of nitrogens with one attached hydrogen (secondary N) is 1. The molecule has 1 saturated carbocycles. The van der Waals surface area contributed by atoms with Crippen molar-refractivity contribution in [3.05, 3.63) is 87.5 Å². The van der Waals surface area contributed by atoms with E-state index in [1.807, 2.05) is 61.0 Å². The molecule has 1 saturated heterocycles. The van der Waals surface area contributed by atoms with Gasteiger partial charge in [0.1, 0.15) is 11.6 Å². The molecule has 0 atom stereocenters. The first-order valence-electron chi connectivity index (χ1n) is 17.8. The maximum Gasteiger partial charge on any atom is 0.309 e. The molecule has 2 aliphatic heterocycles. The molecule has 0 radical (unpaired) electrons. The number of benzene rings is 3. The first-order valence-corrected chi connectivity index (χ1v) is 18.2. The molecule has 3 aromatic carbocycles. The highest BCUT2D eigenvalue weighted by Gasteiger charge is 2.49. The average Bonchev–Trinajstić information content (AvgIpc) is 3.87. The van der Waals surface area contributed by atoms with Crippen molar-refractivity contribution in [1.29, 1.82) is 5.26 Å². The van der Waals surface area contributed by atoms with Crippen LogP contribution in [0.1, 0.15) is 71.3 Å². The van der Waals surface area contributed by atoms with Crippen LogP contribution in [0.15, 0.2) is 52.9 Å². The van der Waals surface area contributed by atoms with E-state index >= 15 is 0 Å². The van der Waals surface area contributed by atoms with Gasteiger partial charge in [-0.05, 0) is 93.6 Å². The Hall–Kier alpha value is -5.02. The maximum atomic E-state index is 13.7. The van der Waals surface area contributed by atoms with Gasteiger partial charge in [0.2, 0.25) is 5.89 Å². The predicted octanol–water partition coefficient (Wildman–Crippen LogP) is 7.19. The fraction of sp³-hybridized carbons (Fsp3) is 0.375. The second-order valence-corrected chi connectivity index (χ2v) is 15.1. The number of imidazole rings is 1. The van der Waals surface area contributed by atoms with Crippen molar-refractivity contribution >= 4 is 40.3 Å². The summed E-state index contributed by atoms with van der Waals surface area (Å²) in [5.41, 5.74) is 7.58. The second kappa shape index (κ2) is 13.2. The van der Waals surface area contributed by atoms with Gasteiger partial charge in [-0.25, -0.2) is 9.97 Å². The molecule has 52 heavy (non-hydrogen) atoms. The molecule has 2 aromatic heterocycles. The SMILES string of the molecule is Cc1c(-c2nc3cc(CN4CCCC4)cc(C#N)c3o2)cccc1-c1cccc(NC(=O)c2nc3c(n2C)CCN(C2CC(C)(C(=O)O)C2)C3)c1Cl. The molecule has 4 heterocycles. The molecule has 0 spiro atoms. The van der Waals surface area contributed by atoms with Crippen LogP contribution in [0.5, 0.6) is 0 Å². The third-order valence-electron chi connectivity index (χ3n) is 11.3. The molecule has 3 aliphatic rings. The number of carboxylic acids is 1. The number of likely N-dealkylation sites (tertiary alicyclic amines) is 1. The van der Waals surface area contributed by atoms with Crippen molar-refractivity contribution in [2.75, 3.05) is 25.0 Å². The second-order valence-electron chi connectivity index (χ2n) is 14.7. The Morgan fingerprint density at radius 3 is 2.56 bits per heavy atom. The summed E-state index contributed by atoms with van der Waals surface area (Å²) >= 11 is 7.03. The Bertz CT molecular complexity index is 2290. The number of halogens is 1. The highest BCUT2D eigenvalue weighted by Crippen LogP contribution is 2.45. The molecule has 2 N–H and O–H groups in total. The normalized spacial score (nSPS) is 20.4. The van der Waals surface area contributed by atoms with Crippen molar-refractivity contribution in [2.45, 2.75) is 65.1 Å². The van der Waals surface area contributed by atoms with E-state index in [1.165, 1.54) is 12.8 Å². The van der Waals surface area contributed by atoms with Crippen LogP contribution in [0.4, 0.5) is 5.69 Å². The van der Waals surface area contributed by atoms with Gasteiger partial charge in [-0.2, -0.15) is 5.26 Å². The fourth-order valence-corrected chi connectivity index (χ4v) is 8.50. The number of oxazole rings is 1. The fourth-order valence-electron chi connectivity index (χ4n) is 8.23. The summed E-state index contributed by atoms with van der Waals surface area (Å²) in [7, 11) is 1.86. The van der Waals surface area contributed by atoms with Crippen LogP contribution in [-0.4, -0.2) is 67.0 Å². The number of carbonyl (C=O) groups excluding carboxylic acids is 1. The largest absolute Gasteiger partial charge is 0.481 e. The number of nitrogens with zero attached hydrogens (tertiary/aromatic N) is 6. The lowest BCUT2D eigenvalue weighted by atomic mass is 9.66. The topological polar surface area (TPSA) is 141 Å². The van der Waals surface area contributed by atoms with Gasteiger partial charge in [0.25, 0.3) is 5.91 Å². The zero-order valence-electron chi connectivity index (χ0n) is 29.5. The summed E-state index contributed by atoms with van der Waals surface area (Å²) in [5.74, 6) is -0.385. The first-order chi connectivity index (χ1) is 25.0. The van der Waals surface area contributed by atoms with E-state index in [4.69, 9.17) is 26.0 Å². The van der Waals surface area contributed by atoms with Crippen molar-refractivity contribution in [2.24, 2.45) is 12.5 Å². The van der Waals surface area contributed by atoms with E-state index in [0.29, 0.717) is 58.5 Å². The van der Waals surface area contributed by atoms with Crippen molar-refractivity contribution in [1.82, 2.24) is 24.3 Å². The standard InChI is InChI=1S/C40H40ClN7O4/c1-23-27(8-6-9-28(23)38-45-31-17-24(21-47-13-4-5-14-47)16-25(20-42)35(31)52-38)29-10-7-11-30(34(29)41)44-37(49)36-43-32-22-48(15-12-33(32)46(36)3)26-18-40(2,19-26)39(50)51/h6-11,16-17,26H,4-5,12-15,18-19,21-22H2,1-3H3,(H,44,49)(H,50,51). The molecular formula is C40H40ClN7O4. The predicted molar refractivity (Wildman–Crippen MR) is 198 cm³/mol. The summed E-state index contributed by atoms with van der Waals surface area (Å²) in [6.45, 7) is 8.07. The molecule has 0 bridgehead atoms. The zero-order chi connectivity index (χ0) is 36.3. The number of aromatic nitrogens is 3. The minimum Gasteiger partial charge on any atom is -0.481 e. The van der Waals surface area contributed by atoms with Crippen LogP contribution in [-0.2, 0) is 31.4 Å². The Morgan fingerprint density at radius 2 is 1.81 bits per heavy atom. The monoisotopic (exact) mass is 717 g/mol. The number of rotatable bonds is 8. The van der Waals surface area contributed by atoms with E-state index in [9.17, 15) is 20.0 Å². The third-order valence-corrected chi connectivity index (χ3v) is 11.7. The number of fused-ring (bicyclic) bond motifs is 2. The molecule has 5 aromatic rings. The summed E-state index contributed by atoms with van der Waals surface area (Å²) in [6, 6.07) is 17.8. The van der Waals surface area contributed by atoms with Crippen LogP contribution in [0.3, 0.4) is 0 Å². The molecule has 8 rings (SSSR count). The van der Waals surface area contributed by atoms with Gasteiger partial charge in [0.15, 0.2) is 11.4 Å². The van der Waals surface area contributed by atoms with Gasteiger partial charge in [-0.1, -0.05) is 35.9 Å². The number of nitriles is 1. The Kier molecular flexibility index (Phi) is 8.65. The number of carbonyl (C=O) groups is 2. The Morgan fingerprint density at radius 1 is 1.08 bits per heavy atom. The molecule has 2 fully saturated rings. The highest BCUT2D eigenvalue weighted by atomic mass is 35.5. The maximum absolute atomic E-state index is 13.7. The van der Waals surface area contributed by atoms with Crippen LogP contribution in [0.25, 0.3) is 33.7 Å². The van der Waals surface area contributed by atoms with Gasteiger partial charge in [0.05, 0.1) is 27.4 Å². The van der Waals surface area contributed by atoms with E-state index in [0.717, 1.165) is 71.8 Å². The van der Waals surface area contributed by atoms with Crippen molar-refractivity contribution < 1.29 is 19.1 Å². The average molecular weight is 718 g/mol. The number of aliphatic carboxylic acids is 1. The van der Waals surface area contributed by atoms with Gasteiger partial charge in [-0.3, -0.25) is 19.4 Å². The minimum atomic E-state index is -0.747. The van der Waals surface area contributed by atoms with Gasteiger partial charge in [0, 0.05) is 56.0 Å². The first kappa shape index (κ1) is 34.1. The van der Waals surface area contributed by atoms with Crippen LogP contribution < -0.4 is 5.32 Å². The smallest absolute Gasteiger partial charge is 0.309 e. The number of anilines is 1. The quantitative estimate of drug-likeness (QED) is 0.171. The summed E-state index contributed by atoms with van der Waals surface area (Å²) < 4.78 is 8.10. The lowest BCUT2D eigenvalue weighted by Gasteiger charge is -2.48. The van der Waals surface area contributed by atoms with Crippen molar-refractivity contribution in [3.63, 3.8) is 0 Å². The lowest BCUT2D eigenvalue weighted by Crippen LogP contribution is -2.54. The summed E-state index contributed by atoms with van der Waals surface area (Å²) in [6.07, 6.45) is 4.36. The van der Waals surface area contributed by atoms with Gasteiger partial charge < -0.3 is 19.4 Å². The Balaban J connectivity index is 1.03. The molecule has 1 aliphatic carbocycles. The van der Waals surface area contributed by atoms with Crippen molar-refractivity contribution in [3.8, 4) is 28.7 Å². The molecular weight excluding hydrogens is 678 g/mol. The van der Waals surface area contributed by atoms with Gasteiger partial charge >= 0.3 is 5.97 Å². The zero-order valence-corrected chi connectivity index (χ0v) is 30.3. The summed E-state index contributed by atoms with van der Waals surface area (Å²) in [5, 5.41) is 22.9. The third kappa shape index (κ3) is 5.94. The number of hydrogen-bond donors (Lipinski definition) is 2.